The Morgan fingerprint density at radius 2 is 1.96 bits per heavy atom. The van der Waals surface area contributed by atoms with Crippen LogP contribution in [0.4, 0.5) is 11.4 Å². The van der Waals surface area contributed by atoms with Gasteiger partial charge in [0.1, 0.15) is 11.3 Å². The van der Waals surface area contributed by atoms with Crippen LogP contribution in [0.1, 0.15) is 18.9 Å². The molecule has 2 amide bonds. The number of hydrogen-bond donors (Lipinski definition) is 4. The third-order valence-electron chi connectivity index (χ3n) is 5.64. The molecule has 7 nitrogen and oxygen atoms in total. The van der Waals surface area contributed by atoms with Crippen molar-refractivity contribution in [2.45, 2.75) is 31.0 Å². The Labute approximate surface area is 163 Å². The van der Waals surface area contributed by atoms with Gasteiger partial charge in [0, 0.05) is 23.0 Å². The summed E-state index contributed by atoms with van der Waals surface area (Å²) in [4.78, 5) is 26.2. The fourth-order valence-corrected chi connectivity index (χ4v) is 4.18. The summed E-state index contributed by atoms with van der Waals surface area (Å²) in [6, 6.07) is 14.0. The summed E-state index contributed by atoms with van der Waals surface area (Å²) in [6.07, 6.45) is -0.349. The van der Waals surface area contributed by atoms with E-state index in [1.54, 1.807) is 38.3 Å². The SMILES string of the molecule is COc1ccc(NC(=O)[C@@H]2C[C@H]([C@H](C)O)N[C@@]23C(=O)Nc2ccccc23)cc1. The molecule has 146 valence electrons. The molecule has 4 atom stereocenters. The molecule has 4 rings (SSSR count). The van der Waals surface area contributed by atoms with Gasteiger partial charge in [-0.15, -0.1) is 0 Å². The van der Waals surface area contributed by atoms with Crippen LogP contribution in [0, 0.1) is 5.92 Å². The van der Waals surface area contributed by atoms with Crippen LogP contribution in [0.15, 0.2) is 48.5 Å². The second-order valence-electron chi connectivity index (χ2n) is 7.31. The van der Waals surface area contributed by atoms with Crippen LogP contribution in [-0.4, -0.2) is 36.2 Å². The lowest BCUT2D eigenvalue weighted by Crippen LogP contribution is -2.53. The second-order valence-corrected chi connectivity index (χ2v) is 7.31. The summed E-state index contributed by atoms with van der Waals surface area (Å²) >= 11 is 0. The molecule has 2 aromatic rings. The average Bonchev–Trinajstić information content (AvgIpc) is 3.23. The average molecular weight is 381 g/mol. The predicted molar refractivity (Wildman–Crippen MR) is 105 cm³/mol. The highest BCUT2D eigenvalue weighted by Crippen LogP contribution is 2.47. The highest BCUT2D eigenvalue weighted by atomic mass is 16.5. The summed E-state index contributed by atoms with van der Waals surface area (Å²) in [6.45, 7) is 1.66. The number of aliphatic hydroxyl groups is 1. The van der Waals surface area contributed by atoms with Gasteiger partial charge in [-0.05, 0) is 43.7 Å². The Hall–Kier alpha value is -2.90. The number of ether oxygens (including phenoxy) is 1. The van der Waals surface area contributed by atoms with Gasteiger partial charge in [0.2, 0.25) is 11.8 Å². The van der Waals surface area contributed by atoms with E-state index in [0.717, 1.165) is 5.56 Å². The lowest BCUT2D eigenvalue weighted by Gasteiger charge is -2.29. The molecule has 7 heteroatoms. The van der Waals surface area contributed by atoms with Crippen LogP contribution in [0.25, 0.3) is 0 Å². The minimum atomic E-state index is -1.20. The summed E-state index contributed by atoms with van der Waals surface area (Å²) < 4.78 is 5.14. The lowest BCUT2D eigenvalue weighted by atomic mass is 9.79. The van der Waals surface area contributed by atoms with E-state index < -0.39 is 17.6 Å². The molecule has 28 heavy (non-hydrogen) atoms. The molecule has 0 aromatic heterocycles. The Kier molecular flexibility index (Phi) is 4.56. The van der Waals surface area contributed by atoms with E-state index in [-0.39, 0.29) is 17.9 Å². The van der Waals surface area contributed by atoms with Crippen molar-refractivity contribution >= 4 is 23.2 Å². The fraction of sp³-hybridized carbons (Fsp3) is 0.333. The summed E-state index contributed by atoms with van der Waals surface area (Å²) in [5.74, 6) is -0.521. The topological polar surface area (TPSA) is 99.7 Å². The van der Waals surface area contributed by atoms with Crippen molar-refractivity contribution in [3.63, 3.8) is 0 Å². The monoisotopic (exact) mass is 381 g/mol. The van der Waals surface area contributed by atoms with E-state index in [2.05, 4.69) is 16.0 Å². The number of nitrogens with one attached hydrogen (secondary N) is 3. The minimum absolute atomic E-state index is 0.271. The molecule has 2 aliphatic heterocycles. The molecule has 2 aliphatic rings. The molecular formula is C21H23N3O4. The van der Waals surface area contributed by atoms with Crippen molar-refractivity contribution in [2.24, 2.45) is 5.92 Å². The van der Waals surface area contributed by atoms with Crippen LogP contribution in [0.2, 0.25) is 0 Å². The number of fused-ring (bicyclic) bond motifs is 2. The minimum Gasteiger partial charge on any atom is -0.497 e. The number of carbonyl (C=O) groups excluding carboxylic acids is 2. The van der Waals surface area contributed by atoms with Gasteiger partial charge >= 0.3 is 0 Å². The van der Waals surface area contributed by atoms with Crippen LogP contribution in [-0.2, 0) is 15.1 Å². The number of carbonyl (C=O) groups is 2. The molecule has 0 aliphatic carbocycles. The number of hydrogen-bond acceptors (Lipinski definition) is 5. The van der Waals surface area contributed by atoms with Gasteiger partial charge in [-0.3, -0.25) is 14.9 Å². The standard InChI is InChI=1S/C21H23N3O4/c1-12(25)18-11-16(19(26)22-13-7-9-14(28-2)10-8-13)21(24-18)15-5-3-4-6-17(15)23-20(21)27/h3-10,12,16,18,24-25H,11H2,1-2H3,(H,22,26)(H,23,27)/t12-,16-,18+,21+/m0/s1. The molecule has 1 saturated heterocycles. The van der Waals surface area contributed by atoms with Crippen LogP contribution < -0.4 is 20.7 Å². The highest BCUT2D eigenvalue weighted by molar-refractivity contribution is 6.10. The van der Waals surface area contributed by atoms with Crippen LogP contribution in [0.5, 0.6) is 5.75 Å². The first-order valence-electron chi connectivity index (χ1n) is 9.27. The number of amides is 2. The normalized spacial score (nSPS) is 26.6. The first-order chi connectivity index (χ1) is 13.5. The maximum atomic E-state index is 13.2. The van der Waals surface area contributed by atoms with Gasteiger partial charge < -0.3 is 20.5 Å². The molecule has 2 heterocycles. The quantitative estimate of drug-likeness (QED) is 0.648. The van der Waals surface area contributed by atoms with Crippen molar-refractivity contribution in [3.8, 4) is 5.75 Å². The number of benzene rings is 2. The zero-order chi connectivity index (χ0) is 19.9. The van der Waals surface area contributed by atoms with E-state index in [0.29, 0.717) is 23.5 Å². The number of rotatable bonds is 4. The smallest absolute Gasteiger partial charge is 0.250 e. The molecular weight excluding hydrogens is 358 g/mol. The van der Waals surface area contributed by atoms with E-state index in [1.165, 1.54) is 0 Å². The Balaban J connectivity index is 1.69. The van der Waals surface area contributed by atoms with E-state index in [1.807, 2.05) is 24.3 Å². The van der Waals surface area contributed by atoms with Gasteiger partial charge in [-0.1, -0.05) is 18.2 Å². The third kappa shape index (κ3) is 2.83. The zero-order valence-electron chi connectivity index (χ0n) is 15.7. The van der Waals surface area contributed by atoms with E-state index >= 15 is 0 Å². The van der Waals surface area contributed by atoms with Crippen molar-refractivity contribution in [3.05, 3.63) is 54.1 Å². The number of methoxy groups -OCH3 is 1. The fourth-order valence-electron chi connectivity index (χ4n) is 4.18. The van der Waals surface area contributed by atoms with Gasteiger partial charge in [0.15, 0.2) is 0 Å². The van der Waals surface area contributed by atoms with Crippen LogP contribution in [0.3, 0.4) is 0 Å². The largest absolute Gasteiger partial charge is 0.497 e. The predicted octanol–water partition coefficient (Wildman–Crippen LogP) is 1.84. The first kappa shape index (κ1) is 18.5. The van der Waals surface area contributed by atoms with Gasteiger partial charge in [-0.2, -0.15) is 0 Å². The maximum absolute atomic E-state index is 13.2. The number of anilines is 2. The highest BCUT2D eigenvalue weighted by Gasteiger charge is 2.60. The molecule has 0 radical (unpaired) electrons. The van der Waals surface area contributed by atoms with Crippen molar-refractivity contribution in [1.82, 2.24) is 5.32 Å². The molecule has 4 N–H and O–H groups in total. The number of para-hydroxylation sites is 1. The summed E-state index contributed by atoms with van der Waals surface area (Å²) in [5, 5.41) is 19.2. The first-order valence-corrected chi connectivity index (χ1v) is 9.27. The van der Waals surface area contributed by atoms with Crippen molar-refractivity contribution < 1.29 is 19.4 Å². The molecule has 2 aromatic carbocycles. The molecule has 1 spiro atoms. The Morgan fingerprint density at radius 1 is 1.25 bits per heavy atom. The maximum Gasteiger partial charge on any atom is 0.250 e. The zero-order valence-corrected chi connectivity index (χ0v) is 15.7. The summed E-state index contributed by atoms with van der Waals surface area (Å²) in [5.41, 5.74) is 0.842. The van der Waals surface area contributed by atoms with Crippen molar-refractivity contribution in [2.75, 3.05) is 17.7 Å². The third-order valence-corrected chi connectivity index (χ3v) is 5.64. The summed E-state index contributed by atoms with van der Waals surface area (Å²) in [7, 11) is 1.58. The molecule has 0 bridgehead atoms. The van der Waals surface area contributed by atoms with Gasteiger partial charge in [-0.25, -0.2) is 0 Å². The lowest BCUT2D eigenvalue weighted by molar-refractivity contribution is -0.130. The number of aliphatic hydroxyl groups excluding tert-OH is 1. The van der Waals surface area contributed by atoms with Crippen molar-refractivity contribution in [1.29, 1.82) is 0 Å². The van der Waals surface area contributed by atoms with Gasteiger partial charge in [0.05, 0.1) is 19.1 Å². The van der Waals surface area contributed by atoms with Gasteiger partial charge in [0.25, 0.3) is 0 Å². The molecule has 0 saturated carbocycles. The van der Waals surface area contributed by atoms with E-state index in [4.69, 9.17) is 4.74 Å². The van der Waals surface area contributed by atoms with Crippen LogP contribution >= 0.6 is 0 Å². The van der Waals surface area contributed by atoms with E-state index in [9.17, 15) is 14.7 Å². The molecule has 1 fully saturated rings. The Morgan fingerprint density at radius 3 is 2.64 bits per heavy atom. The molecule has 0 unspecified atom stereocenters. The Bertz CT molecular complexity index is 912. The second kappa shape index (κ2) is 6.92.